The van der Waals surface area contributed by atoms with Crippen molar-refractivity contribution < 1.29 is 9.59 Å². The highest BCUT2D eigenvalue weighted by atomic mass is 16.3. The summed E-state index contributed by atoms with van der Waals surface area (Å²) in [5, 5.41) is 9.57. The highest BCUT2D eigenvalue weighted by molar-refractivity contribution is 4.53. The van der Waals surface area contributed by atoms with E-state index in [2.05, 4.69) is 27.9 Å². The molecule has 0 aromatic rings. The lowest BCUT2D eigenvalue weighted by molar-refractivity contribution is -0.890. The van der Waals surface area contributed by atoms with Crippen molar-refractivity contribution in [2.75, 3.05) is 27.2 Å². The maximum Gasteiger partial charge on any atom is 0.0807 e. The summed E-state index contributed by atoms with van der Waals surface area (Å²) in [7, 11) is 4.48. The van der Waals surface area contributed by atoms with E-state index in [-0.39, 0.29) is 6.10 Å². The summed E-state index contributed by atoms with van der Waals surface area (Å²) in [6.45, 7) is 6.63. The van der Waals surface area contributed by atoms with Gasteiger partial charge in [-0.15, -0.1) is 0 Å². The van der Waals surface area contributed by atoms with Gasteiger partial charge in [0.2, 0.25) is 0 Å². The minimum Gasteiger partial charge on any atom is -0.393 e. The Balaban J connectivity index is 3.60. The molecule has 0 amide bonds. The molecule has 1 unspecified atom stereocenters. The number of hydrogen-bond donors (Lipinski definition) is 1. The van der Waals surface area contributed by atoms with Gasteiger partial charge in [0.25, 0.3) is 0 Å². The molecular formula is C11H26NO+. The van der Waals surface area contributed by atoms with Crippen LogP contribution in [0.4, 0.5) is 0 Å². The fourth-order valence-corrected chi connectivity index (χ4v) is 1.69. The molecule has 0 heterocycles. The van der Waals surface area contributed by atoms with Crippen molar-refractivity contribution in [2.45, 2.75) is 45.6 Å². The normalized spacial score (nSPS) is 14.5. The molecule has 0 saturated heterocycles. The van der Waals surface area contributed by atoms with Gasteiger partial charge in [0.15, 0.2) is 0 Å². The summed E-state index contributed by atoms with van der Waals surface area (Å²) in [4.78, 5) is 0. The molecule has 0 fully saturated rings. The average molecular weight is 188 g/mol. The Hall–Kier alpha value is -0.0800. The number of quaternary nitrogens is 1. The van der Waals surface area contributed by atoms with Crippen molar-refractivity contribution in [1.29, 1.82) is 0 Å². The third kappa shape index (κ3) is 7.03. The first-order valence-corrected chi connectivity index (χ1v) is 5.52. The van der Waals surface area contributed by atoms with Crippen LogP contribution in [0.3, 0.4) is 0 Å². The summed E-state index contributed by atoms with van der Waals surface area (Å²) < 4.78 is 1.04. The molecule has 0 aromatic carbocycles. The van der Waals surface area contributed by atoms with E-state index in [9.17, 15) is 5.11 Å². The molecule has 2 heteroatoms. The van der Waals surface area contributed by atoms with E-state index in [0.717, 1.165) is 30.3 Å². The molecule has 0 aliphatic carbocycles. The van der Waals surface area contributed by atoms with Crippen LogP contribution in [0, 0.1) is 0 Å². The van der Waals surface area contributed by atoms with Gasteiger partial charge in [0.1, 0.15) is 0 Å². The van der Waals surface area contributed by atoms with Gasteiger partial charge < -0.3 is 9.59 Å². The van der Waals surface area contributed by atoms with Crippen molar-refractivity contribution in [3.63, 3.8) is 0 Å². The van der Waals surface area contributed by atoms with Gasteiger partial charge in [-0.1, -0.05) is 20.3 Å². The summed E-state index contributed by atoms with van der Waals surface area (Å²) in [5.74, 6) is 0. The van der Waals surface area contributed by atoms with E-state index >= 15 is 0 Å². The van der Waals surface area contributed by atoms with Crippen LogP contribution in [0.1, 0.15) is 39.5 Å². The van der Waals surface area contributed by atoms with Crippen LogP contribution in [0.25, 0.3) is 0 Å². The third-order valence-corrected chi connectivity index (χ3v) is 2.52. The van der Waals surface area contributed by atoms with Crippen LogP contribution >= 0.6 is 0 Å². The number of hydrogen-bond acceptors (Lipinski definition) is 1. The molecule has 13 heavy (non-hydrogen) atoms. The van der Waals surface area contributed by atoms with Gasteiger partial charge in [-0.3, -0.25) is 0 Å². The fraction of sp³-hybridized carbons (Fsp3) is 1.00. The maximum atomic E-state index is 9.57. The predicted molar refractivity (Wildman–Crippen MR) is 57.7 cm³/mol. The van der Waals surface area contributed by atoms with Crippen LogP contribution < -0.4 is 0 Å². The second kappa shape index (κ2) is 6.39. The molecule has 0 spiro atoms. The largest absolute Gasteiger partial charge is 0.393 e. The summed E-state index contributed by atoms with van der Waals surface area (Å²) in [6, 6.07) is 0. The average Bonchev–Trinajstić information content (AvgIpc) is 2.02. The van der Waals surface area contributed by atoms with Gasteiger partial charge in [-0.25, -0.2) is 0 Å². The molecule has 0 radical (unpaired) electrons. The molecule has 0 bridgehead atoms. The van der Waals surface area contributed by atoms with E-state index in [4.69, 9.17) is 0 Å². The van der Waals surface area contributed by atoms with Crippen molar-refractivity contribution in [1.82, 2.24) is 0 Å². The van der Waals surface area contributed by atoms with Crippen molar-refractivity contribution >= 4 is 0 Å². The molecule has 0 aliphatic rings. The van der Waals surface area contributed by atoms with Crippen LogP contribution in [0.2, 0.25) is 0 Å². The van der Waals surface area contributed by atoms with Gasteiger partial charge >= 0.3 is 0 Å². The zero-order chi connectivity index (χ0) is 10.3. The van der Waals surface area contributed by atoms with Gasteiger partial charge in [0.05, 0.1) is 33.3 Å². The first-order valence-electron chi connectivity index (χ1n) is 5.52. The van der Waals surface area contributed by atoms with Gasteiger partial charge in [-0.05, 0) is 12.8 Å². The molecule has 1 atom stereocenters. The number of rotatable bonds is 7. The van der Waals surface area contributed by atoms with E-state index < -0.39 is 0 Å². The lowest BCUT2D eigenvalue weighted by Gasteiger charge is -2.30. The quantitative estimate of drug-likeness (QED) is 0.606. The Bertz CT molecular complexity index is 123. The Morgan fingerprint density at radius 1 is 1.00 bits per heavy atom. The molecule has 2 nitrogen and oxygen atoms in total. The van der Waals surface area contributed by atoms with E-state index in [1.165, 1.54) is 13.0 Å². The molecule has 0 saturated carbocycles. The molecule has 0 aromatic heterocycles. The smallest absolute Gasteiger partial charge is 0.0807 e. The molecule has 0 aliphatic heterocycles. The lowest BCUT2D eigenvalue weighted by atomic mass is 10.1. The Labute approximate surface area is 83.2 Å². The number of nitrogens with zero attached hydrogens (tertiary/aromatic N) is 1. The topological polar surface area (TPSA) is 20.2 Å². The zero-order valence-corrected chi connectivity index (χ0v) is 9.71. The maximum absolute atomic E-state index is 9.57. The lowest BCUT2D eigenvalue weighted by Crippen LogP contribution is -2.42. The second-order valence-corrected chi connectivity index (χ2v) is 4.61. The molecule has 80 valence electrons. The molecular weight excluding hydrogens is 162 g/mol. The summed E-state index contributed by atoms with van der Waals surface area (Å²) in [6.07, 6.45) is 4.12. The minimum atomic E-state index is -0.0840. The SMILES string of the molecule is CCCC(O)CC[N+](C)(C)CCC. The standard InChI is InChI=1S/C11H26NO/c1-5-7-11(13)8-10-12(3,4)9-6-2/h11,13H,5-10H2,1-4H3/q+1. The Morgan fingerprint density at radius 3 is 2.08 bits per heavy atom. The summed E-state index contributed by atoms with van der Waals surface area (Å²) >= 11 is 0. The fourth-order valence-electron chi connectivity index (χ4n) is 1.69. The summed E-state index contributed by atoms with van der Waals surface area (Å²) in [5.41, 5.74) is 0. The highest BCUT2D eigenvalue weighted by Crippen LogP contribution is 2.06. The van der Waals surface area contributed by atoms with Crippen LogP contribution in [-0.2, 0) is 0 Å². The van der Waals surface area contributed by atoms with Crippen molar-refractivity contribution in [2.24, 2.45) is 0 Å². The molecule has 1 N–H and O–H groups in total. The van der Waals surface area contributed by atoms with Gasteiger partial charge in [-0.2, -0.15) is 0 Å². The Morgan fingerprint density at radius 2 is 1.62 bits per heavy atom. The van der Waals surface area contributed by atoms with E-state index in [1.54, 1.807) is 0 Å². The van der Waals surface area contributed by atoms with E-state index in [0.29, 0.717) is 0 Å². The number of aliphatic hydroxyl groups is 1. The van der Waals surface area contributed by atoms with E-state index in [1.807, 2.05) is 0 Å². The van der Waals surface area contributed by atoms with Crippen molar-refractivity contribution in [3.05, 3.63) is 0 Å². The minimum absolute atomic E-state index is 0.0840. The second-order valence-electron chi connectivity index (χ2n) is 4.61. The van der Waals surface area contributed by atoms with Crippen molar-refractivity contribution in [3.8, 4) is 0 Å². The van der Waals surface area contributed by atoms with Crippen LogP contribution in [-0.4, -0.2) is 42.9 Å². The number of aliphatic hydroxyl groups excluding tert-OH is 1. The van der Waals surface area contributed by atoms with Gasteiger partial charge in [0, 0.05) is 6.42 Å². The first kappa shape index (κ1) is 12.9. The monoisotopic (exact) mass is 188 g/mol. The highest BCUT2D eigenvalue weighted by Gasteiger charge is 2.15. The van der Waals surface area contributed by atoms with Crippen LogP contribution in [0.15, 0.2) is 0 Å². The first-order chi connectivity index (χ1) is 6.02. The third-order valence-electron chi connectivity index (χ3n) is 2.52. The zero-order valence-electron chi connectivity index (χ0n) is 9.71. The molecule has 0 rings (SSSR count). The predicted octanol–water partition coefficient (Wildman–Crippen LogP) is 2.02. The Kier molecular flexibility index (Phi) is 6.35. The van der Waals surface area contributed by atoms with Crippen LogP contribution in [0.5, 0.6) is 0 Å².